The smallest absolute Gasteiger partial charge is 0.212 e. The van der Waals surface area contributed by atoms with Gasteiger partial charge in [-0.2, -0.15) is 4.31 Å². The molecule has 1 saturated heterocycles. The van der Waals surface area contributed by atoms with Gasteiger partial charge >= 0.3 is 0 Å². The highest BCUT2D eigenvalue weighted by atomic mass is 32.2. The molecule has 1 aliphatic carbocycles. The van der Waals surface area contributed by atoms with Gasteiger partial charge in [0.2, 0.25) is 10.0 Å². The van der Waals surface area contributed by atoms with Crippen LogP contribution in [0.1, 0.15) is 39.0 Å². The Labute approximate surface area is 86.5 Å². The first-order valence-electron chi connectivity index (χ1n) is 5.64. The largest absolute Gasteiger partial charge is 0.214 e. The maximum atomic E-state index is 11.9. The van der Waals surface area contributed by atoms with Gasteiger partial charge in [-0.25, -0.2) is 8.42 Å². The maximum Gasteiger partial charge on any atom is 0.214 e. The summed E-state index contributed by atoms with van der Waals surface area (Å²) in [4.78, 5) is 0. The molecular formula is C10H19NO2S. The molecule has 1 saturated carbocycles. The quantitative estimate of drug-likeness (QED) is 0.720. The second kappa shape index (κ2) is 3.81. The lowest BCUT2D eigenvalue weighted by atomic mass is 10.1. The number of rotatable bonds is 3. The minimum Gasteiger partial charge on any atom is -0.212 e. The van der Waals surface area contributed by atoms with E-state index in [4.69, 9.17) is 0 Å². The predicted octanol–water partition coefficient (Wildman–Crippen LogP) is 1.60. The van der Waals surface area contributed by atoms with Gasteiger partial charge in [0.1, 0.15) is 0 Å². The van der Waals surface area contributed by atoms with E-state index < -0.39 is 10.0 Å². The van der Waals surface area contributed by atoms with Crippen LogP contribution >= 0.6 is 0 Å². The van der Waals surface area contributed by atoms with Crippen molar-refractivity contribution in [1.82, 2.24) is 4.31 Å². The Balaban J connectivity index is 2.12. The zero-order chi connectivity index (χ0) is 10.2. The van der Waals surface area contributed by atoms with E-state index in [2.05, 4.69) is 0 Å². The van der Waals surface area contributed by atoms with Crippen LogP contribution in [0.25, 0.3) is 0 Å². The molecule has 0 radical (unpaired) electrons. The third-order valence-corrected chi connectivity index (χ3v) is 5.62. The third kappa shape index (κ3) is 1.70. The average Bonchev–Trinajstić information content (AvgIpc) is 2.60. The molecule has 0 amide bonds. The Morgan fingerprint density at radius 2 is 2.07 bits per heavy atom. The van der Waals surface area contributed by atoms with Crippen LogP contribution in [-0.2, 0) is 10.0 Å². The van der Waals surface area contributed by atoms with Crippen molar-refractivity contribution in [3.05, 3.63) is 0 Å². The molecule has 2 rings (SSSR count). The number of fused-ring (bicyclic) bond motifs is 1. The lowest BCUT2D eigenvalue weighted by Gasteiger charge is -2.22. The molecule has 0 aromatic rings. The van der Waals surface area contributed by atoms with Crippen molar-refractivity contribution < 1.29 is 8.42 Å². The monoisotopic (exact) mass is 217 g/mol. The SMILES string of the molecule is CCCS(=O)(=O)N1CCC2CCCC21. The van der Waals surface area contributed by atoms with Gasteiger partial charge in [0.15, 0.2) is 0 Å². The molecule has 2 atom stereocenters. The molecule has 0 bridgehead atoms. The number of hydrogen-bond donors (Lipinski definition) is 0. The number of nitrogens with zero attached hydrogens (tertiary/aromatic N) is 1. The predicted molar refractivity (Wildman–Crippen MR) is 56.5 cm³/mol. The maximum absolute atomic E-state index is 11.9. The van der Waals surface area contributed by atoms with Crippen LogP contribution in [-0.4, -0.2) is 31.1 Å². The minimum atomic E-state index is -2.93. The summed E-state index contributed by atoms with van der Waals surface area (Å²) >= 11 is 0. The van der Waals surface area contributed by atoms with Crippen LogP contribution in [0.15, 0.2) is 0 Å². The summed E-state index contributed by atoms with van der Waals surface area (Å²) < 4.78 is 25.6. The molecule has 82 valence electrons. The van der Waals surface area contributed by atoms with Crippen molar-refractivity contribution in [3.8, 4) is 0 Å². The van der Waals surface area contributed by atoms with Gasteiger partial charge in [-0.05, 0) is 31.6 Å². The van der Waals surface area contributed by atoms with Gasteiger partial charge < -0.3 is 0 Å². The van der Waals surface area contributed by atoms with Crippen LogP contribution in [0.3, 0.4) is 0 Å². The van der Waals surface area contributed by atoms with E-state index >= 15 is 0 Å². The molecule has 2 aliphatic rings. The van der Waals surface area contributed by atoms with E-state index in [1.54, 1.807) is 4.31 Å². The van der Waals surface area contributed by atoms with E-state index in [9.17, 15) is 8.42 Å². The molecule has 0 N–H and O–H groups in total. The molecule has 3 nitrogen and oxygen atoms in total. The lowest BCUT2D eigenvalue weighted by Crippen LogP contribution is -2.37. The molecule has 2 fully saturated rings. The zero-order valence-corrected chi connectivity index (χ0v) is 9.59. The summed E-state index contributed by atoms with van der Waals surface area (Å²) in [5.41, 5.74) is 0. The van der Waals surface area contributed by atoms with Gasteiger partial charge in [0.25, 0.3) is 0 Å². The van der Waals surface area contributed by atoms with Crippen LogP contribution < -0.4 is 0 Å². The van der Waals surface area contributed by atoms with Gasteiger partial charge in [-0.15, -0.1) is 0 Å². The van der Waals surface area contributed by atoms with Crippen molar-refractivity contribution in [1.29, 1.82) is 0 Å². The van der Waals surface area contributed by atoms with Crippen molar-refractivity contribution >= 4 is 10.0 Å². The molecule has 0 aromatic heterocycles. The standard InChI is InChI=1S/C10H19NO2S/c1-2-8-14(12,13)11-7-6-9-4-3-5-10(9)11/h9-10H,2-8H2,1H3. The summed E-state index contributed by atoms with van der Waals surface area (Å²) in [7, 11) is -2.93. The average molecular weight is 217 g/mol. The molecule has 1 heterocycles. The second-order valence-corrected chi connectivity index (χ2v) is 6.51. The normalized spacial score (nSPS) is 33.5. The fraction of sp³-hybridized carbons (Fsp3) is 1.00. The summed E-state index contributed by atoms with van der Waals surface area (Å²) in [6.07, 6.45) is 5.37. The topological polar surface area (TPSA) is 37.4 Å². The summed E-state index contributed by atoms with van der Waals surface area (Å²) in [5.74, 6) is 0.998. The van der Waals surface area contributed by atoms with E-state index in [0.717, 1.165) is 25.8 Å². The van der Waals surface area contributed by atoms with Crippen LogP contribution in [0.2, 0.25) is 0 Å². The first-order valence-corrected chi connectivity index (χ1v) is 7.25. The van der Waals surface area contributed by atoms with Crippen LogP contribution in [0.5, 0.6) is 0 Å². The van der Waals surface area contributed by atoms with E-state index in [0.29, 0.717) is 17.7 Å². The number of sulfonamides is 1. The third-order valence-electron chi connectivity index (χ3n) is 3.53. The van der Waals surface area contributed by atoms with Crippen LogP contribution in [0, 0.1) is 5.92 Å². The Morgan fingerprint density at radius 3 is 2.79 bits per heavy atom. The van der Waals surface area contributed by atoms with Crippen molar-refractivity contribution in [3.63, 3.8) is 0 Å². The summed E-state index contributed by atoms with van der Waals surface area (Å²) in [6.45, 7) is 2.71. The van der Waals surface area contributed by atoms with Gasteiger partial charge in [0, 0.05) is 12.6 Å². The Hall–Kier alpha value is -0.0900. The zero-order valence-electron chi connectivity index (χ0n) is 8.78. The van der Waals surface area contributed by atoms with Crippen LogP contribution in [0.4, 0.5) is 0 Å². The molecule has 14 heavy (non-hydrogen) atoms. The highest BCUT2D eigenvalue weighted by molar-refractivity contribution is 7.89. The molecular weight excluding hydrogens is 198 g/mol. The Bertz CT molecular complexity index is 299. The highest BCUT2D eigenvalue weighted by Gasteiger charge is 2.42. The summed E-state index contributed by atoms with van der Waals surface area (Å²) in [6, 6.07) is 0.353. The van der Waals surface area contributed by atoms with E-state index in [1.165, 1.54) is 12.8 Å². The fourth-order valence-corrected chi connectivity index (χ4v) is 4.74. The minimum absolute atomic E-state index is 0.330. The van der Waals surface area contributed by atoms with Crippen molar-refractivity contribution in [2.75, 3.05) is 12.3 Å². The number of hydrogen-bond acceptors (Lipinski definition) is 2. The van der Waals surface area contributed by atoms with Crippen molar-refractivity contribution in [2.45, 2.75) is 45.1 Å². The van der Waals surface area contributed by atoms with Crippen molar-refractivity contribution in [2.24, 2.45) is 5.92 Å². The Kier molecular flexibility index (Phi) is 2.84. The van der Waals surface area contributed by atoms with Gasteiger partial charge in [-0.1, -0.05) is 13.3 Å². The molecule has 4 heteroatoms. The summed E-state index contributed by atoms with van der Waals surface area (Å²) in [5, 5.41) is 0. The van der Waals surface area contributed by atoms with E-state index in [-0.39, 0.29) is 0 Å². The first kappa shape index (κ1) is 10.4. The van der Waals surface area contributed by atoms with E-state index in [1.807, 2.05) is 6.92 Å². The first-order chi connectivity index (χ1) is 6.65. The van der Waals surface area contributed by atoms with Gasteiger partial charge in [0.05, 0.1) is 5.75 Å². The second-order valence-electron chi connectivity index (χ2n) is 4.47. The molecule has 0 spiro atoms. The molecule has 1 aliphatic heterocycles. The fourth-order valence-electron chi connectivity index (χ4n) is 2.91. The molecule has 0 aromatic carbocycles. The highest BCUT2D eigenvalue weighted by Crippen LogP contribution is 2.39. The lowest BCUT2D eigenvalue weighted by molar-refractivity contribution is 0.366. The van der Waals surface area contributed by atoms with Gasteiger partial charge in [-0.3, -0.25) is 0 Å². The molecule has 2 unspecified atom stereocenters. The Morgan fingerprint density at radius 1 is 1.29 bits per heavy atom.